The van der Waals surface area contributed by atoms with Crippen molar-refractivity contribution in [3.05, 3.63) is 0 Å². The average molecular weight is 294 g/mol. The largest absolute Gasteiger partial charge is 0.381 e. The molecule has 1 N–H and O–H groups in total. The van der Waals surface area contributed by atoms with E-state index in [1.165, 1.54) is 44.9 Å². The summed E-state index contributed by atoms with van der Waals surface area (Å²) in [7, 11) is -3.79. The number of hydrogen-bond donors (Lipinski definition) is 1. The smallest absolute Gasteiger partial charge is 0.264 e. The van der Waals surface area contributed by atoms with Gasteiger partial charge >= 0.3 is 0 Å². The van der Waals surface area contributed by atoms with Crippen molar-refractivity contribution < 1.29 is 17.7 Å². The normalized spacial score (nSPS) is 11.9. The molecule has 0 unspecified atom stereocenters. The second kappa shape index (κ2) is 12.9. The first-order valence-electron chi connectivity index (χ1n) is 7.59. The number of ether oxygens (including phenoxy) is 1. The second-order valence-electron chi connectivity index (χ2n) is 5.08. The highest BCUT2D eigenvalue weighted by Gasteiger charge is 2.02. The van der Waals surface area contributed by atoms with Crippen LogP contribution in [0, 0.1) is 0 Å². The zero-order valence-corrected chi connectivity index (χ0v) is 13.1. The van der Waals surface area contributed by atoms with E-state index in [0.717, 1.165) is 13.0 Å². The highest BCUT2D eigenvalue weighted by atomic mass is 32.2. The van der Waals surface area contributed by atoms with Gasteiger partial charge in [-0.05, 0) is 19.3 Å². The molecule has 0 radical (unpaired) electrons. The molecule has 5 heteroatoms. The third-order valence-electron chi connectivity index (χ3n) is 3.08. The van der Waals surface area contributed by atoms with Crippen molar-refractivity contribution in [2.75, 3.05) is 19.0 Å². The fraction of sp³-hybridized carbons (Fsp3) is 1.00. The van der Waals surface area contributed by atoms with E-state index < -0.39 is 10.1 Å². The predicted octanol–water partition coefficient (Wildman–Crippen LogP) is 3.81. The van der Waals surface area contributed by atoms with E-state index in [0.29, 0.717) is 19.4 Å². The van der Waals surface area contributed by atoms with Gasteiger partial charge in [-0.1, -0.05) is 51.9 Å². The van der Waals surface area contributed by atoms with E-state index in [2.05, 4.69) is 6.92 Å². The van der Waals surface area contributed by atoms with Crippen LogP contribution >= 0.6 is 0 Å². The molecule has 0 aliphatic heterocycles. The van der Waals surface area contributed by atoms with Crippen molar-refractivity contribution in [1.82, 2.24) is 0 Å². The molecule has 0 rings (SSSR count). The summed E-state index contributed by atoms with van der Waals surface area (Å²) in [6.07, 6.45) is 11.4. The molecule has 19 heavy (non-hydrogen) atoms. The van der Waals surface area contributed by atoms with E-state index in [4.69, 9.17) is 9.29 Å². The fourth-order valence-corrected chi connectivity index (χ4v) is 2.50. The second-order valence-corrected chi connectivity index (χ2v) is 6.65. The van der Waals surface area contributed by atoms with Gasteiger partial charge in [0.05, 0.1) is 5.75 Å². The van der Waals surface area contributed by atoms with Crippen molar-refractivity contribution in [1.29, 1.82) is 0 Å². The maximum Gasteiger partial charge on any atom is 0.264 e. The minimum absolute atomic E-state index is 0.159. The van der Waals surface area contributed by atoms with Gasteiger partial charge in [-0.25, -0.2) is 0 Å². The highest BCUT2D eigenvalue weighted by Crippen LogP contribution is 2.08. The lowest BCUT2D eigenvalue weighted by Gasteiger charge is -2.04. The van der Waals surface area contributed by atoms with Crippen LogP contribution in [0.25, 0.3) is 0 Å². The molecule has 0 fully saturated rings. The standard InChI is InChI=1S/C14H30O4S/c1-2-3-4-5-6-7-8-9-12-18-13-10-11-14-19(15,16)17/h2-14H2,1H3,(H,15,16,17). The van der Waals surface area contributed by atoms with Crippen molar-refractivity contribution in [2.45, 2.75) is 71.1 Å². The van der Waals surface area contributed by atoms with E-state index in [1.54, 1.807) is 0 Å². The molecular weight excluding hydrogens is 264 g/mol. The fourth-order valence-electron chi connectivity index (χ4n) is 1.93. The van der Waals surface area contributed by atoms with Crippen LogP contribution in [0.15, 0.2) is 0 Å². The van der Waals surface area contributed by atoms with Crippen LogP contribution in [0.1, 0.15) is 71.1 Å². The summed E-state index contributed by atoms with van der Waals surface area (Å²) in [6, 6.07) is 0. The molecule has 4 nitrogen and oxygen atoms in total. The molecule has 0 saturated carbocycles. The Hall–Kier alpha value is -0.130. The maximum absolute atomic E-state index is 10.4. The van der Waals surface area contributed by atoms with Gasteiger partial charge in [0, 0.05) is 13.2 Å². The Balaban J connectivity index is 3.03. The Morgan fingerprint density at radius 2 is 1.26 bits per heavy atom. The van der Waals surface area contributed by atoms with E-state index in [-0.39, 0.29) is 5.75 Å². The van der Waals surface area contributed by atoms with Gasteiger partial charge in [0.2, 0.25) is 0 Å². The molecule has 0 aromatic carbocycles. The zero-order chi connectivity index (χ0) is 14.4. The number of hydrogen-bond acceptors (Lipinski definition) is 3. The maximum atomic E-state index is 10.4. The number of rotatable bonds is 14. The summed E-state index contributed by atoms with van der Waals surface area (Å²) in [5.41, 5.74) is 0. The molecule has 0 saturated heterocycles. The lowest BCUT2D eigenvalue weighted by molar-refractivity contribution is 0.127. The summed E-state index contributed by atoms with van der Waals surface area (Å²) in [6.45, 7) is 3.58. The molecule has 0 bridgehead atoms. The first-order chi connectivity index (χ1) is 9.06. The summed E-state index contributed by atoms with van der Waals surface area (Å²) < 4.78 is 34.8. The van der Waals surface area contributed by atoms with Crippen LogP contribution in [-0.2, 0) is 14.9 Å². The molecule has 0 spiro atoms. The quantitative estimate of drug-likeness (QED) is 0.391. The van der Waals surface area contributed by atoms with Gasteiger partial charge in [-0.2, -0.15) is 8.42 Å². The van der Waals surface area contributed by atoms with Gasteiger partial charge in [0.1, 0.15) is 0 Å². The minimum atomic E-state index is -3.79. The van der Waals surface area contributed by atoms with Crippen molar-refractivity contribution in [3.8, 4) is 0 Å². The SMILES string of the molecule is CCCCCCCCCCOCCCCS(=O)(=O)O. The molecule has 0 atom stereocenters. The van der Waals surface area contributed by atoms with Crippen LogP contribution in [0.4, 0.5) is 0 Å². The number of unbranched alkanes of at least 4 members (excludes halogenated alkanes) is 8. The van der Waals surface area contributed by atoms with Crippen molar-refractivity contribution in [2.24, 2.45) is 0 Å². The van der Waals surface area contributed by atoms with E-state index in [1.807, 2.05) is 0 Å². The summed E-state index contributed by atoms with van der Waals surface area (Å²) in [4.78, 5) is 0. The molecule has 0 heterocycles. The predicted molar refractivity (Wildman–Crippen MR) is 79.1 cm³/mol. The first kappa shape index (κ1) is 18.9. The van der Waals surface area contributed by atoms with Crippen molar-refractivity contribution in [3.63, 3.8) is 0 Å². The Bertz CT molecular complexity index is 275. The molecule has 0 aliphatic rings. The molecule has 0 amide bonds. The lowest BCUT2D eigenvalue weighted by Crippen LogP contribution is -2.05. The van der Waals surface area contributed by atoms with Crippen LogP contribution in [0.2, 0.25) is 0 Å². The Morgan fingerprint density at radius 1 is 0.789 bits per heavy atom. The van der Waals surface area contributed by atoms with Gasteiger partial charge in [0.25, 0.3) is 10.1 Å². The third-order valence-corrected chi connectivity index (χ3v) is 3.89. The van der Waals surface area contributed by atoms with Gasteiger partial charge in [-0.3, -0.25) is 4.55 Å². The molecule has 0 aromatic heterocycles. The lowest BCUT2D eigenvalue weighted by atomic mass is 10.1. The van der Waals surface area contributed by atoms with Crippen LogP contribution < -0.4 is 0 Å². The Morgan fingerprint density at radius 3 is 1.79 bits per heavy atom. The molecule has 116 valence electrons. The summed E-state index contributed by atoms with van der Waals surface area (Å²) in [5.74, 6) is -0.159. The highest BCUT2D eigenvalue weighted by molar-refractivity contribution is 7.85. The monoisotopic (exact) mass is 294 g/mol. The summed E-state index contributed by atoms with van der Waals surface area (Å²) in [5, 5.41) is 0. The Labute approximate surface area is 118 Å². The van der Waals surface area contributed by atoms with Crippen LogP contribution in [0.3, 0.4) is 0 Å². The summed E-state index contributed by atoms with van der Waals surface area (Å²) >= 11 is 0. The van der Waals surface area contributed by atoms with Gasteiger partial charge in [0.15, 0.2) is 0 Å². The van der Waals surface area contributed by atoms with Crippen molar-refractivity contribution >= 4 is 10.1 Å². The first-order valence-corrected chi connectivity index (χ1v) is 9.20. The molecule has 0 aromatic rings. The van der Waals surface area contributed by atoms with E-state index in [9.17, 15) is 8.42 Å². The third kappa shape index (κ3) is 17.9. The average Bonchev–Trinajstić information content (AvgIpc) is 2.34. The topological polar surface area (TPSA) is 63.6 Å². The molecular formula is C14H30O4S. The van der Waals surface area contributed by atoms with Crippen LogP contribution in [-0.4, -0.2) is 31.9 Å². The molecule has 0 aliphatic carbocycles. The van der Waals surface area contributed by atoms with Crippen LogP contribution in [0.5, 0.6) is 0 Å². The van der Waals surface area contributed by atoms with Gasteiger partial charge < -0.3 is 4.74 Å². The Kier molecular flexibility index (Phi) is 12.8. The van der Waals surface area contributed by atoms with Gasteiger partial charge in [-0.15, -0.1) is 0 Å². The zero-order valence-electron chi connectivity index (χ0n) is 12.3. The minimum Gasteiger partial charge on any atom is -0.381 e. The van der Waals surface area contributed by atoms with E-state index >= 15 is 0 Å².